The number of nitrogens with zero attached hydrogens (tertiary/aromatic N) is 3. The molecule has 2 atom stereocenters. The molecular formula is C31H30Cl2N4O4. The first kappa shape index (κ1) is 28.5. The van der Waals surface area contributed by atoms with Crippen LogP contribution in [0.25, 0.3) is 0 Å². The lowest BCUT2D eigenvalue weighted by atomic mass is 9.86. The second-order valence-electron chi connectivity index (χ2n) is 10.5. The van der Waals surface area contributed by atoms with E-state index in [0.29, 0.717) is 32.7 Å². The van der Waals surface area contributed by atoms with Gasteiger partial charge in [0.1, 0.15) is 5.70 Å². The van der Waals surface area contributed by atoms with Crippen molar-refractivity contribution in [2.24, 2.45) is 11.7 Å². The number of carbonyl (C=O) groups is 3. The van der Waals surface area contributed by atoms with Crippen LogP contribution < -0.4 is 15.6 Å². The molecule has 0 aliphatic carbocycles. The van der Waals surface area contributed by atoms with Crippen LogP contribution in [0.4, 0.5) is 16.2 Å². The number of benzene rings is 3. The number of halogens is 2. The van der Waals surface area contributed by atoms with Gasteiger partial charge in [-0.05, 0) is 85.0 Å². The maximum atomic E-state index is 14.7. The van der Waals surface area contributed by atoms with E-state index in [1.165, 1.54) is 12.1 Å². The minimum absolute atomic E-state index is 0.114. The normalized spacial score (nSPS) is 18.4. The lowest BCUT2D eigenvalue weighted by Gasteiger charge is -2.40. The molecule has 0 bridgehead atoms. The van der Waals surface area contributed by atoms with E-state index in [-0.39, 0.29) is 11.8 Å². The Balaban J connectivity index is 1.82. The van der Waals surface area contributed by atoms with Gasteiger partial charge < -0.3 is 10.5 Å². The number of nitrogens with two attached hydrogens (primary N) is 1. The predicted octanol–water partition coefficient (Wildman–Crippen LogP) is 6.58. The molecule has 2 N–H and O–H groups in total. The van der Waals surface area contributed by atoms with E-state index >= 15 is 0 Å². The van der Waals surface area contributed by atoms with Crippen LogP contribution in [0.3, 0.4) is 0 Å². The summed E-state index contributed by atoms with van der Waals surface area (Å²) in [7, 11) is 1.31. The lowest BCUT2D eigenvalue weighted by Crippen LogP contribution is -2.52. The number of primary amides is 1. The van der Waals surface area contributed by atoms with E-state index in [9.17, 15) is 14.4 Å². The van der Waals surface area contributed by atoms with Crippen molar-refractivity contribution in [2.75, 3.05) is 17.0 Å². The summed E-state index contributed by atoms with van der Waals surface area (Å²) in [4.78, 5) is 41.7. The van der Waals surface area contributed by atoms with Gasteiger partial charge in [-0.25, -0.2) is 14.8 Å². The van der Waals surface area contributed by atoms with Crippen molar-refractivity contribution in [3.63, 3.8) is 0 Å². The third kappa shape index (κ3) is 4.71. The van der Waals surface area contributed by atoms with Crippen molar-refractivity contribution in [1.29, 1.82) is 0 Å². The maximum absolute atomic E-state index is 14.7. The summed E-state index contributed by atoms with van der Waals surface area (Å²) in [6.07, 6.45) is -0.623. The van der Waals surface area contributed by atoms with Crippen molar-refractivity contribution < 1.29 is 19.1 Å². The van der Waals surface area contributed by atoms with E-state index in [4.69, 9.17) is 33.7 Å². The van der Waals surface area contributed by atoms with Gasteiger partial charge in [-0.3, -0.25) is 14.5 Å². The highest BCUT2D eigenvalue weighted by molar-refractivity contribution is 6.31. The van der Waals surface area contributed by atoms with Crippen LogP contribution >= 0.6 is 23.2 Å². The number of aryl methyl sites for hydroxylation is 2. The Kier molecular flexibility index (Phi) is 7.48. The number of methoxy groups -OCH3 is 1. The molecule has 0 saturated heterocycles. The van der Waals surface area contributed by atoms with Gasteiger partial charge in [0.25, 0.3) is 5.91 Å². The maximum Gasteiger partial charge on any atom is 0.429 e. The van der Waals surface area contributed by atoms with Crippen molar-refractivity contribution in [1.82, 2.24) is 5.01 Å². The van der Waals surface area contributed by atoms with Crippen molar-refractivity contribution in [3.8, 4) is 0 Å². The van der Waals surface area contributed by atoms with Gasteiger partial charge in [-0.1, -0.05) is 49.2 Å². The van der Waals surface area contributed by atoms with Crippen LogP contribution in [0.5, 0.6) is 0 Å². The van der Waals surface area contributed by atoms with Gasteiger partial charge in [0, 0.05) is 26.9 Å². The first-order valence-corrected chi connectivity index (χ1v) is 13.9. The summed E-state index contributed by atoms with van der Waals surface area (Å²) < 4.78 is 5.24. The first-order chi connectivity index (χ1) is 19.5. The molecule has 41 heavy (non-hydrogen) atoms. The number of hydrogen-bond donors (Lipinski definition) is 1. The smallest absolute Gasteiger partial charge is 0.429 e. The van der Waals surface area contributed by atoms with Gasteiger partial charge in [-0.2, -0.15) is 0 Å². The second kappa shape index (κ2) is 10.8. The molecule has 10 heteroatoms. The first-order valence-electron chi connectivity index (χ1n) is 13.1. The molecule has 212 valence electrons. The fourth-order valence-corrected chi connectivity index (χ4v) is 6.19. The minimum atomic E-state index is -0.623. The number of hydrazine groups is 1. The Morgan fingerprint density at radius 3 is 2.15 bits per heavy atom. The molecular weight excluding hydrogens is 563 g/mol. The minimum Gasteiger partial charge on any atom is -0.451 e. The van der Waals surface area contributed by atoms with Crippen LogP contribution in [0.15, 0.2) is 71.9 Å². The molecule has 0 aromatic heterocycles. The molecule has 2 heterocycles. The van der Waals surface area contributed by atoms with Gasteiger partial charge in [0.2, 0.25) is 5.91 Å². The largest absolute Gasteiger partial charge is 0.451 e. The zero-order chi connectivity index (χ0) is 29.7. The molecule has 2 aliphatic heterocycles. The van der Waals surface area contributed by atoms with Crippen LogP contribution in [-0.2, 0) is 9.53 Å². The summed E-state index contributed by atoms with van der Waals surface area (Å²) in [5, 5.41) is 4.14. The van der Waals surface area contributed by atoms with Crippen LogP contribution in [0.2, 0.25) is 10.0 Å². The number of carbonyl (C=O) groups excluding carboxylic acids is 3. The number of anilines is 2. The van der Waals surface area contributed by atoms with Crippen molar-refractivity contribution in [2.45, 2.75) is 39.8 Å². The zero-order valence-corrected chi connectivity index (χ0v) is 24.8. The SMILES string of the molecule is COC(=O)N1C(C(C)C)C2=C(C(=O)N(c3cc(Cl)ccc3C)C2c2ccc(Cl)cc2C)N1c1ccc(C(N)=O)cc1. The monoisotopic (exact) mass is 592 g/mol. The zero-order valence-electron chi connectivity index (χ0n) is 23.3. The quantitative estimate of drug-likeness (QED) is 0.361. The highest BCUT2D eigenvalue weighted by atomic mass is 35.5. The van der Waals surface area contributed by atoms with Crippen molar-refractivity contribution >= 4 is 52.5 Å². The number of hydrogen-bond acceptors (Lipinski definition) is 5. The molecule has 0 radical (unpaired) electrons. The molecule has 2 unspecified atom stereocenters. The average Bonchev–Trinajstić information content (AvgIpc) is 3.42. The van der Waals surface area contributed by atoms with Crippen LogP contribution in [0.1, 0.15) is 46.9 Å². The Labute approximate surface area is 248 Å². The Hall–Kier alpha value is -4.01. The van der Waals surface area contributed by atoms with Gasteiger partial charge in [0.05, 0.1) is 24.9 Å². The van der Waals surface area contributed by atoms with E-state index in [2.05, 4.69) is 0 Å². The summed E-state index contributed by atoms with van der Waals surface area (Å²) in [5.74, 6) is -1.00. The number of ether oxygens (including phenoxy) is 1. The van der Waals surface area contributed by atoms with E-state index < -0.39 is 24.1 Å². The molecule has 2 aliphatic rings. The average molecular weight is 594 g/mol. The second-order valence-corrected chi connectivity index (χ2v) is 11.4. The highest BCUT2D eigenvalue weighted by Gasteiger charge is 2.56. The summed E-state index contributed by atoms with van der Waals surface area (Å²) in [6.45, 7) is 7.86. The molecule has 8 nitrogen and oxygen atoms in total. The fraction of sp³-hybridized carbons (Fsp3) is 0.258. The molecule has 0 spiro atoms. The highest BCUT2D eigenvalue weighted by Crippen LogP contribution is 2.52. The Bertz CT molecular complexity index is 1600. The summed E-state index contributed by atoms with van der Waals surface area (Å²) in [6, 6.07) is 16.4. The Morgan fingerprint density at radius 2 is 1.56 bits per heavy atom. The predicted molar refractivity (Wildman–Crippen MR) is 160 cm³/mol. The van der Waals surface area contributed by atoms with E-state index in [0.717, 1.165) is 22.3 Å². The third-order valence-electron chi connectivity index (χ3n) is 7.60. The summed E-state index contributed by atoms with van der Waals surface area (Å²) >= 11 is 12.8. The molecule has 3 aromatic rings. The molecule has 3 aromatic carbocycles. The van der Waals surface area contributed by atoms with Gasteiger partial charge >= 0.3 is 6.09 Å². The topological polar surface area (TPSA) is 96.2 Å². The van der Waals surface area contributed by atoms with Gasteiger partial charge in [-0.15, -0.1) is 0 Å². The standard InChI is InChI=1S/C31H30Cl2N4O4/c1-16(2)26-25-27(23-13-10-20(32)14-18(23)4)35(24-15-21(33)9-6-17(24)3)30(39)28(25)36(37(26)31(40)41-5)22-11-7-19(8-12-22)29(34)38/h6-16,26-27H,1-5H3,(H2,34,38). The van der Waals surface area contributed by atoms with Crippen LogP contribution in [0, 0.1) is 19.8 Å². The summed E-state index contributed by atoms with van der Waals surface area (Å²) in [5.41, 5.74) is 10.6. The van der Waals surface area contributed by atoms with Gasteiger partial charge in [0.15, 0.2) is 0 Å². The number of rotatable bonds is 5. The van der Waals surface area contributed by atoms with E-state index in [1.807, 2.05) is 45.9 Å². The van der Waals surface area contributed by atoms with Crippen LogP contribution in [-0.4, -0.2) is 36.1 Å². The van der Waals surface area contributed by atoms with E-state index in [1.54, 1.807) is 52.4 Å². The molecule has 5 rings (SSSR count). The molecule has 0 fully saturated rings. The fourth-order valence-electron chi connectivity index (χ4n) is 5.80. The molecule has 0 saturated carbocycles. The lowest BCUT2D eigenvalue weighted by molar-refractivity contribution is -0.115. The Morgan fingerprint density at radius 1 is 0.927 bits per heavy atom. The number of amides is 3. The molecule has 3 amide bonds. The third-order valence-corrected chi connectivity index (χ3v) is 8.07. The van der Waals surface area contributed by atoms with Crippen molar-refractivity contribution in [3.05, 3.63) is 104 Å².